The number of carbonyl (C=O) groups is 1. The Kier molecular flexibility index (Phi) is 5.25. The van der Waals surface area contributed by atoms with Crippen LogP contribution in [0.25, 0.3) is 16.9 Å². The summed E-state index contributed by atoms with van der Waals surface area (Å²) in [5, 5.41) is 8.86. The summed E-state index contributed by atoms with van der Waals surface area (Å²) >= 11 is 0. The van der Waals surface area contributed by atoms with Gasteiger partial charge in [0.1, 0.15) is 11.4 Å². The van der Waals surface area contributed by atoms with Gasteiger partial charge < -0.3 is 0 Å². The third-order valence-electron chi connectivity index (χ3n) is 4.32. The number of nitrogens with one attached hydrogen (secondary N) is 1. The fraction of sp³-hybridized carbons (Fsp3) is 0.0435. The molecule has 0 bridgehead atoms. The van der Waals surface area contributed by atoms with Crippen molar-refractivity contribution in [2.45, 2.75) is 6.92 Å². The highest BCUT2D eigenvalue weighted by Gasteiger charge is 2.12. The molecule has 4 rings (SSSR count). The number of hydrogen-bond acceptors (Lipinski definition) is 4. The fourth-order valence-electron chi connectivity index (χ4n) is 2.93. The third-order valence-corrected chi connectivity index (χ3v) is 4.32. The smallest absolute Gasteiger partial charge is 0.266 e. The number of nitrogens with zero attached hydrogens (tertiary/aromatic N) is 4. The van der Waals surface area contributed by atoms with Gasteiger partial charge in [0, 0.05) is 23.5 Å². The van der Waals surface area contributed by atoms with Crippen LogP contribution in [0.2, 0.25) is 0 Å². The SMILES string of the molecule is Cc1cccc(-c2nn(-c3ccccc3)cc2/C=N\NC(=O)c2ccccn2)c1. The average molecular weight is 381 g/mol. The minimum absolute atomic E-state index is 0.309. The van der Waals surface area contributed by atoms with Crippen LogP contribution in [0, 0.1) is 6.92 Å². The molecule has 6 heteroatoms. The quantitative estimate of drug-likeness (QED) is 0.419. The van der Waals surface area contributed by atoms with Gasteiger partial charge in [-0.2, -0.15) is 10.2 Å². The van der Waals surface area contributed by atoms with E-state index in [-0.39, 0.29) is 5.91 Å². The Balaban J connectivity index is 1.66. The van der Waals surface area contributed by atoms with Gasteiger partial charge in [-0.3, -0.25) is 9.78 Å². The number of para-hydroxylation sites is 1. The number of rotatable bonds is 5. The van der Waals surface area contributed by atoms with Crippen molar-refractivity contribution >= 4 is 12.1 Å². The molecule has 0 saturated heterocycles. The van der Waals surface area contributed by atoms with Crippen LogP contribution in [0.15, 0.2) is 90.3 Å². The minimum Gasteiger partial charge on any atom is -0.266 e. The predicted octanol–water partition coefficient (Wildman–Crippen LogP) is 4.01. The molecule has 0 unspecified atom stereocenters. The molecular weight excluding hydrogens is 362 g/mol. The number of hydrazone groups is 1. The first kappa shape index (κ1) is 18.3. The summed E-state index contributed by atoms with van der Waals surface area (Å²) in [6, 6.07) is 23.1. The molecule has 2 aromatic carbocycles. The Bertz CT molecular complexity index is 1150. The molecule has 0 aliphatic heterocycles. The normalized spacial score (nSPS) is 10.9. The zero-order valence-corrected chi connectivity index (χ0v) is 15.9. The van der Waals surface area contributed by atoms with Crippen LogP contribution in [0.5, 0.6) is 0 Å². The topological polar surface area (TPSA) is 72.2 Å². The van der Waals surface area contributed by atoms with E-state index >= 15 is 0 Å². The van der Waals surface area contributed by atoms with Gasteiger partial charge in [0.05, 0.1) is 11.9 Å². The summed E-state index contributed by atoms with van der Waals surface area (Å²) in [5.74, 6) is -0.366. The molecule has 0 aliphatic carbocycles. The Morgan fingerprint density at radius 3 is 2.62 bits per heavy atom. The van der Waals surface area contributed by atoms with Gasteiger partial charge in [0.2, 0.25) is 0 Å². The highest BCUT2D eigenvalue weighted by Crippen LogP contribution is 2.23. The maximum atomic E-state index is 12.2. The lowest BCUT2D eigenvalue weighted by molar-refractivity contribution is 0.0950. The third kappa shape index (κ3) is 4.27. The minimum atomic E-state index is -0.366. The lowest BCUT2D eigenvalue weighted by Crippen LogP contribution is -2.18. The second-order valence-electron chi connectivity index (χ2n) is 6.50. The van der Waals surface area contributed by atoms with E-state index in [9.17, 15) is 4.79 Å². The van der Waals surface area contributed by atoms with E-state index < -0.39 is 0 Å². The van der Waals surface area contributed by atoms with Gasteiger partial charge in [0.15, 0.2) is 0 Å². The molecule has 0 atom stereocenters. The number of aromatic nitrogens is 3. The lowest BCUT2D eigenvalue weighted by Gasteiger charge is -2.01. The molecule has 2 aromatic heterocycles. The number of aryl methyl sites for hydroxylation is 1. The highest BCUT2D eigenvalue weighted by molar-refractivity contribution is 5.94. The highest BCUT2D eigenvalue weighted by atomic mass is 16.2. The summed E-state index contributed by atoms with van der Waals surface area (Å²) in [6.07, 6.45) is 5.06. The van der Waals surface area contributed by atoms with Crippen molar-refractivity contribution in [1.82, 2.24) is 20.2 Å². The molecule has 0 saturated carbocycles. The van der Waals surface area contributed by atoms with E-state index in [2.05, 4.69) is 21.6 Å². The predicted molar refractivity (Wildman–Crippen MR) is 113 cm³/mol. The van der Waals surface area contributed by atoms with Crippen LogP contribution >= 0.6 is 0 Å². The van der Waals surface area contributed by atoms with Crippen LogP contribution in [0.3, 0.4) is 0 Å². The maximum absolute atomic E-state index is 12.2. The summed E-state index contributed by atoms with van der Waals surface area (Å²) in [5.41, 5.74) is 7.47. The second kappa shape index (κ2) is 8.31. The van der Waals surface area contributed by atoms with Gasteiger partial charge in [0.25, 0.3) is 5.91 Å². The molecule has 2 heterocycles. The number of pyridine rings is 1. The van der Waals surface area contributed by atoms with Gasteiger partial charge in [-0.25, -0.2) is 10.1 Å². The summed E-state index contributed by atoms with van der Waals surface area (Å²) in [4.78, 5) is 16.2. The first-order valence-corrected chi connectivity index (χ1v) is 9.17. The van der Waals surface area contributed by atoms with Crippen molar-refractivity contribution in [3.8, 4) is 16.9 Å². The van der Waals surface area contributed by atoms with Crippen molar-refractivity contribution in [1.29, 1.82) is 0 Å². The van der Waals surface area contributed by atoms with Gasteiger partial charge >= 0.3 is 0 Å². The zero-order chi connectivity index (χ0) is 20.1. The second-order valence-corrected chi connectivity index (χ2v) is 6.50. The lowest BCUT2D eigenvalue weighted by atomic mass is 10.1. The summed E-state index contributed by atoms with van der Waals surface area (Å²) in [7, 11) is 0. The summed E-state index contributed by atoms with van der Waals surface area (Å²) in [6.45, 7) is 2.04. The molecule has 4 aromatic rings. The standard InChI is InChI=1S/C23H19N5O/c1-17-8-7-9-18(14-17)22-19(16-28(27-22)20-10-3-2-4-11-20)15-25-26-23(29)21-12-5-6-13-24-21/h2-16H,1H3,(H,26,29)/b25-15-. The Morgan fingerprint density at radius 1 is 1.03 bits per heavy atom. The van der Waals surface area contributed by atoms with Crippen molar-refractivity contribution in [2.24, 2.45) is 5.10 Å². The number of amides is 1. The van der Waals surface area contributed by atoms with Gasteiger partial charge in [-0.1, -0.05) is 48.0 Å². The molecule has 0 radical (unpaired) electrons. The van der Waals surface area contributed by atoms with Crippen LogP contribution in [0.4, 0.5) is 0 Å². The number of hydrogen-bond donors (Lipinski definition) is 1. The van der Waals surface area contributed by atoms with Crippen LogP contribution < -0.4 is 5.43 Å². The summed E-state index contributed by atoms with van der Waals surface area (Å²) < 4.78 is 1.81. The molecular formula is C23H19N5O. The number of carbonyl (C=O) groups excluding carboxylic acids is 1. The molecule has 1 N–H and O–H groups in total. The molecule has 0 aliphatic rings. The molecule has 1 amide bonds. The Hall–Kier alpha value is -4.06. The monoisotopic (exact) mass is 381 g/mol. The Morgan fingerprint density at radius 2 is 1.86 bits per heavy atom. The van der Waals surface area contributed by atoms with Crippen LogP contribution in [-0.4, -0.2) is 26.9 Å². The van der Waals surface area contributed by atoms with E-state index in [1.807, 2.05) is 61.7 Å². The van der Waals surface area contributed by atoms with Gasteiger partial charge in [-0.05, 0) is 37.3 Å². The van der Waals surface area contributed by atoms with E-state index in [1.165, 1.54) is 0 Å². The van der Waals surface area contributed by atoms with E-state index in [0.29, 0.717) is 5.69 Å². The van der Waals surface area contributed by atoms with E-state index in [1.54, 1.807) is 35.3 Å². The van der Waals surface area contributed by atoms with Crippen LogP contribution in [0.1, 0.15) is 21.6 Å². The van der Waals surface area contributed by atoms with E-state index in [4.69, 9.17) is 5.10 Å². The largest absolute Gasteiger partial charge is 0.289 e. The fourth-order valence-corrected chi connectivity index (χ4v) is 2.93. The average Bonchev–Trinajstić information content (AvgIpc) is 3.19. The first-order chi connectivity index (χ1) is 14.2. The van der Waals surface area contributed by atoms with E-state index in [0.717, 1.165) is 28.1 Å². The maximum Gasteiger partial charge on any atom is 0.289 e. The van der Waals surface area contributed by atoms with Crippen molar-refractivity contribution in [3.63, 3.8) is 0 Å². The first-order valence-electron chi connectivity index (χ1n) is 9.17. The number of benzene rings is 2. The molecule has 6 nitrogen and oxygen atoms in total. The van der Waals surface area contributed by atoms with Crippen molar-refractivity contribution in [3.05, 3.63) is 102 Å². The Labute approximate surface area is 168 Å². The van der Waals surface area contributed by atoms with Crippen molar-refractivity contribution in [2.75, 3.05) is 0 Å². The van der Waals surface area contributed by atoms with Crippen molar-refractivity contribution < 1.29 is 4.79 Å². The zero-order valence-electron chi connectivity index (χ0n) is 15.9. The van der Waals surface area contributed by atoms with Crippen LogP contribution in [-0.2, 0) is 0 Å². The molecule has 0 fully saturated rings. The molecule has 29 heavy (non-hydrogen) atoms. The van der Waals surface area contributed by atoms with Gasteiger partial charge in [-0.15, -0.1) is 0 Å². The molecule has 0 spiro atoms. The molecule has 142 valence electrons.